The van der Waals surface area contributed by atoms with Gasteiger partial charge in [0.25, 0.3) is 0 Å². The van der Waals surface area contributed by atoms with Crippen molar-refractivity contribution in [3.63, 3.8) is 0 Å². The van der Waals surface area contributed by atoms with Crippen LogP contribution >= 0.6 is 0 Å². The van der Waals surface area contributed by atoms with Gasteiger partial charge in [-0.05, 0) is 36.1 Å². The normalized spacial score (nSPS) is 12.4. The average molecular weight is 482 g/mol. The van der Waals surface area contributed by atoms with Crippen LogP contribution < -0.4 is 34.5 Å². The van der Waals surface area contributed by atoms with Gasteiger partial charge in [-0.25, -0.2) is 13.2 Å². The first-order valence-corrected chi connectivity index (χ1v) is 11.7. The number of nitrogens with zero attached hydrogens (tertiary/aromatic N) is 3. The molecule has 1 aromatic carbocycles. The Morgan fingerprint density at radius 1 is 1.12 bits per heavy atom. The SMILES string of the molecule is CCCCCCCC(C(=O)OO)C(C)(C)C.CN(C)c1ccc(/N=N/S(=O)(=O)[O-])cc1.[Na+]. The van der Waals surface area contributed by atoms with Crippen LogP contribution in [0, 0.1) is 11.3 Å². The summed E-state index contributed by atoms with van der Waals surface area (Å²) in [5.74, 6) is -0.706. The standard InChI is InChI=1S/C13H26O3.C8H11N3O3S.Na/c1-5-6-7-8-9-10-11(12(14)16-15)13(2,3)4;1-11(2)8-5-3-7(4-6-8)9-10-15(12,13)14;/h11,15H,5-10H2,1-4H3;3-6H,1-2H3,(H,12,13,14);/q;;+1/p-1/b;10-9+;. The number of carbonyl (C=O) groups excluding carboxylic acids is 1. The zero-order chi connectivity index (χ0) is 24.1. The van der Waals surface area contributed by atoms with Crippen LogP contribution in [-0.2, 0) is 20.0 Å². The Kier molecular flexibility index (Phi) is 17.1. The number of rotatable bonds is 10. The Balaban J connectivity index is 0. The van der Waals surface area contributed by atoms with Gasteiger partial charge in [0.15, 0.2) is 0 Å². The number of hydrogen-bond acceptors (Lipinski definition) is 8. The Morgan fingerprint density at radius 2 is 1.66 bits per heavy atom. The fourth-order valence-electron chi connectivity index (χ4n) is 2.83. The van der Waals surface area contributed by atoms with E-state index in [1.807, 2.05) is 39.8 Å². The molecule has 0 aliphatic carbocycles. The van der Waals surface area contributed by atoms with Crippen molar-refractivity contribution in [3.8, 4) is 0 Å². The smallest absolute Gasteiger partial charge is 0.728 e. The summed E-state index contributed by atoms with van der Waals surface area (Å²) in [5, 5.41) is 11.7. The van der Waals surface area contributed by atoms with Gasteiger partial charge in [-0.3, -0.25) is 0 Å². The molecule has 1 N–H and O–H groups in total. The zero-order valence-electron chi connectivity index (χ0n) is 20.4. The number of hydrogen-bond donors (Lipinski definition) is 1. The van der Waals surface area contributed by atoms with Crippen molar-refractivity contribution in [2.24, 2.45) is 21.0 Å². The Labute approximate surface area is 214 Å². The van der Waals surface area contributed by atoms with Gasteiger partial charge < -0.3 is 14.3 Å². The molecular formula is C21H36N3NaO6S. The molecule has 178 valence electrons. The first-order valence-electron chi connectivity index (χ1n) is 10.3. The van der Waals surface area contributed by atoms with E-state index in [-0.39, 0.29) is 40.9 Å². The van der Waals surface area contributed by atoms with Crippen molar-refractivity contribution in [1.29, 1.82) is 0 Å². The second-order valence-electron chi connectivity index (χ2n) is 8.55. The summed E-state index contributed by atoms with van der Waals surface area (Å²) in [4.78, 5) is 17.2. The van der Waals surface area contributed by atoms with Gasteiger partial charge in [0.1, 0.15) is 0 Å². The summed E-state index contributed by atoms with van der Waals surface area (Å²) >= 11 is 0. The largest absolute Gasteiger partial charge is 1.00 e. The van der Waals surface area contributed by atoms with Crippen LogP contribution in [0.5, 0.6) is 0 Å². The van der Waals surface area contributed by atoms with E-state index in [4.69, 9.17) is 5.26 Å². The molecule has 0 radical (unpaired) electrons. The Morgan fingerprint density at radius 3 is 2.06 bits per heavy atom. The van der Waals surface area contributed by atoms with Crippen LogP contribution in [0.15, 0.2) is 33.9 Å². The van der Waals surface area contributed by atoms with E-state index in [1.54, 1.807) is 24.3 Å². The first-order chi connectivity index (χ1) is 14.3. The molecule has 0 amide bonds. The minimum Gasteiger partial charge on any atom is -0.728 e. The summed E-state index contributed by atoms with van der Waals surface area (Å²) in [5.41, 5.74) is 1.11. The molecule has 0 bridgehead atoms. The fourth-order valence-corrected chi connectivity index (χ4v) is 3.03. The molecule has 1 unspecified atom stereocenters. The van der Waals surface area contributed by atoms with Gasteiger partial charge in [-0.15, -0.1) is 5.11 Å². The third-order valence-corrected chi connectivity index (χ3v) is 4.92. The summed E-state index contributed by atoms with van der Waals surface area (Å²) in [6.45, 7) is 8.18. The van der Waals surface area contributed by atoms with E-state index in [2.05, 4.69) is 21.4 Å². The molecule has 0 saturated carbocycles. The van der Waals surface area contributed by atoms with Crippen molar-refractivity contribution in [2.45, 2.75) is 66.2 Å². The molecule has 1 atom stereocenters. The van der Waals surface area contributed by atoms with Crippen LogP contribution in [0.1, 0.15) is 66.2 Å². The number of anilines is 1. The maximum atomic E-state index is 11.4. The van der Waals surface area contributed by atoms with Gasteiger partial charge >= 0.3 is 35.5 Å². The summed E-state index contributed by atoms with van der Waals surface area (Å²) < 4.78 is 33.1. The molecule has 9 nitrogen and oxygen atoms in total. The Bertz CT molecular complexity index is 778. The molecule has 0 spiro atoms. The number of unbranched alkanes of at least 4 members (excludes halogenated alkanes) is 4. The van der Waals surface area contributed by atoms with E-state index < -0.39 is 16.3 Å². The molecule has 0 saturated heterocycles. The van der Waals surface area contributed by atoms with Crippen LogP contribution in [0.25, 0.3) is 0 Å². The molecule has 32 heavy (non-hydrogen) atoms. The summed E-state index contributed by atoms with van der Waals surface area (Å²) in [6.07, 6.45) is 6.68. The molecule has 1 aromatic rings. The maximum absolute atomic E-state index is 11.4. The molecule has 0 aliphatic heterocycles. The predicted octanol–water partition coefficient (Wildman–Crippen LogP) is 2.33. The quantitative estimate of drug-likeness (QED) is 0.135. The molecular weight excluding hydrogens is 445 g/mol. The molecule has 0 fully saturated rings. The van der Waals surface area contributed by atoms with E-state index >= 15 is 0 Å². The Hall–Kier alpha value is -1.04. The monoisotopic (exact) mass is 481 g/mol. The van der Waals surface area contributed by atoms with E-state index in [0.29, 0.717) is 5.69 Å². The fraction of sp³-hybridized carbons (Fsp3) is 0.667. The van der Waals surface area contributed by atoms with Crippen molar-refractivity contribution in [1.82, 2.24) is 0 Å². The minimum atomic E-state index is -4.65. The first kappa shape index (κ1) is 33.1. The van der Waals surface area contributed by atoms with Crippen LogP contribution in [0.4, 0.5) is 11.4 Å². The van der Waals surface area contributed by atoms with Gasteiger partial charge in [-0.1, -0.05) is 64.3 Å². The van der Waals surface area contributed by atoms with E-state index in [0.717, 1.165) is 24.9 Å². The van der Waals surface area contributed by atoms with Crippen LogP contribution in [0.3, 0.4) is 0 Å². The predicted molar refractivity (Wildman–Crippen MR) is 120 cm³/mol. The van der Waals surface area contributed by atoms with Gasteiger partial charge in [-0.2, -0.15) is 5.26 Å². The minimum absolute atomic E-state index is 0. The number of benzene rings is 1. The molecule has 11 heteroatoms. The van der Waals surface area contributed by atoms with Gasteiger partial charge in [0.2, 0.25) is 10.3 Å². The van der Waals surface area contributed by atoms with Crippen molar-refractivity contribution in [2.75, 3.05) is 19.0 Å². The third-order valence-electron chi connectivity index (χ3n) is 4.64. The zero-order valence-corrected chi connectivity index (χ0v) is 23.2. The average Bonchev–Trinajstić information content (AvgIpc) is 2.68. The summed E-state index contributed by atoms with van der Waals surface area (Å²) in [6, 6.07) is 6.63. The maximum Gasteiger partial charge on any atom is 1.00 e. The molecule has 0 aliphatic rings. The topological polar surface area (TPSA) is 132 Å². The van der Waals surface area contributed by atoms with Gasteiger partial charge in [0, 0.05) is 19.8 Å². The van der Waals surface area contributed by atoms with E-state index in [9.17, 15) is 17.8 Å². The van der Waals surface area contributed by atoms with E-state index in [1.165, 1.54) is 19.3 Å². The molecule has 0 aromatic heterocycles. The van der Waals surface area contributed by atoms with Crippen molar-refractivity contribution in [3.05, 3.63) is 24.3 Å². The van der Waals surface area contributed by atoms with Crippen molar-refractivity contribution < 1.29 is 57.5 Å². The second-order valence-corrected chi connectivity index (χ2v) is 9.57. The summed E-state index contributed by atoms with van der Waals surface area (Å²) in [7, 11) is -0.904. The van der Waals surface area contributed by atoms with Crippen LogP contribution in [0.2, 0.25) is 0 Å². The molecule has 1 rings (SSSR count). The van der Waals surface area contributed by atoms with Crippen LogP contribution in [-0.4, -0.2) is 38.3 Å². The van der Waals surface area contributed by atoms with Gasteiger partial charge in [0.05, 0.1) is 11.6 Å². The van der Waals surface area contributed by atoms with Crippen molar-refractivity contribution >= 4 is 27.6 Å². The second kappa shape index (κ2) is 16.6. The third kappa shape index (κ3) is 15.7. The number of carbonyl (C=O) groups is 1. The molecule has 0 heterocycles.